The molecule has 1 unspecified atom stereocenters. The number of aromatic nitrogens is 2. The summed E-state index contributed by atoms with van der Waals surface area (Å²) in [7, 11) is 0. The number of nitrogens with zero attached hydrogens (tertiary/aromatic N) is 2. The molecule has 1 atom stereocenters. The average molecular weight is 222 g/mol. The molecule has 0 saturated heterocycles. The van der Waals surface area contributed by atoms with Crippen LogP contribution in [0.3, 0.4) is 0 Å². The predicted octanol–water partition coefficient (Wildman–Crippen LogP) is 2.83. The van der Waals surface area contributed by atoms with Crippen LogP contribution in [0.1, 0.15) is 46.0 Å². The monoisotopic (exact) mass is 222 g/mol. The summed E-state index contributed by atoms with van der Waals surface area (Å²) in [6, 6.07) is 4.07. The van der Waals surface area contributed by atoms with Gasteiger partial charge in [-0.2, -0.15) is 0 Å². The zero-order valence-electron chi connectivity index (χ0n) is 10.2. The summed E-state index contributed by atoms with van der Waals surface area (Å²) in [5.41, 5.74) is 5.47. The minimum absolute atomic E-state index is 0.440. The highest BCUT2D eigenvalue weighted by Crippen LogP contribution is 2.10. The molecule has 4 nitrogen and oxygen atoms in total. The molecule has 3 N–H and O–H groups in total. The Morgan fingerprint density at radius 2 is 2.06 bits per heavy atom. The molecular formula is C12H22N4. The summed E-state index contributed by atoms with van der Waals surface area (Å²) in [6.45, 7) is 4.40. The van der Waals surface area contributed by atoms with Crippen molar-refractivity contribution in [2.75, 3.05) is 11.1 Å². The molecule has 1 aromatic heterocycles. The minimum atomic E-state index is 0.440. The standard InChI is InChI=1S/C12H22N4/c1-3-4-5-6-7-10(2)14-12-9-8-11(13)15-16-12/h8-10H,3-7H2,1-2H3,(H2,13,15)(H,14,16). The fourth-order valence-corrected chi connectivity index (χ4v) is 1.62. The molecule has 4 heteroatoms. The zero-order valence-corrected chi connectivity index (χ0v) is 10.2. The van der Waals surface area contributed by atoms with E-state index in [9.17, 15) is 0 Å². The summed E-state index contributed by atoms with van der Waals surface area (Å²) >= 11 is 0. The number of hydrogen-bond donors (Lipinski definition) is 2. The third kappa shape index (κ3) is 4.96. The van der Waals surface area contributed by atoms with Crippen molar-refractivity contribution < 1.29 is 0 Å². The van der Waals surface area contributed by atoms with Gasteiger partial charge in [0.15, 0.2) is 0 Å². The maximum Gasteiger partial charge on any atom is 0.149 e. The lowest BCUT2D eigenvalue weighted by Gasteiger charge is -2.13. The summed E-state index contributed by atoms with van der Waals surface area (Å²) in [6.07, 6.45) is 6.37. The maximum absolute atomic E-state index is 5.47. The molecule has 1 aromatic rings. The van der Waals surface area contributed by atoms with Crippen LogP contribution in [-0.2, 0) is 0 Å². The summed E-state index contributed by atoms with van der Waals surface area (Å²) in [5, 5.41) is 11.1. The molecule has 1 heterocycles. The quantitative estimate of drug-likeness (QED) is 0.696. The van der Waals surface area contributed by atoms with E-state index in [1.54, 1.807) is 6.07 Å². The first-order valence-corrected chi connectivity index (χ1v) is 6.08. The van der Waals surface area contributed by atoms with Gasteiger partial charge in [-0.1, -0.05) is 32.6 Å². The SMILES string of the molecule is CCCCCCC(C)Nc1ccc(N)nn1. The molecule has 0 amide bonds. The number of unbranched alkanes of at least 4 members (excludes halogenated alkanes) is 3. The van der Waals surface area contributed by atoms with E-state index in [1.807, 2.05) is 6.07 Å². The van der Waals surface area contributed by atoms with E-state index in [1.165, 1.54) is 32.1 Å². The molecule has 0 aromatic carbocycles. The lowest BCUT2D eigenvalue weighted by molar-refractivity contribution is 0.592. The van der Waals surface area contributed by atoms with Crippen molar-refractivity contribution in [3.8, 4) is 0 Å². The highest BCUT2D eigenvalue weighted by Gasteiger charge is 2.02. The largest absolute Gasteiger partial charge is 0.382 e. The van der Waals surface area contributed by atoms with E-state index in [4.69, 9.17) is 5.73 Å². The smallest absolute Gasteiger partial charge is 0.149 e. The van der Waals surface area contributed by atoms with Crippen molar-refractivity contribution >= 4 is 11.6 Å². The van der Waals surface area contributed by atoms with Gasteiger partial charge in [-0.05, 0) is 25.5 Å². The Morgan fingerprint density at radius 3 is 2.69 bits per heavy atom. The average Bonchev–Trinajstić information content (AvgIpc) is 2.28. The molecule has 0 aliphatic rings. The van der Waals surface area contributed by atoms with Crippen molar-refractivity contribution in [3.05, 3.63) is 12.1 Å². The van der Waals surface area contributed by atoms with Crippen LogP contribution >= 0.6 is 0 Å². The molecule has 0 aliphatic carbocycles. The Kier molecular flexibility index (Phi) is 5.61. The molecule has 0 radical (unpaired) electrons. The van der Waals surface area contributed by atoms with Gasteiger partial charge in [0.05, 0.1) is 0 Å². The Bertz CT molecular complexity index is 284. The molecule has 0 fully saturated rings. The van der Waals surface area contributed by atoms with Crippen molar-refractivity contribution in [1.29, 1.82) is 0 Å². The Labute approximate surface area is 97.6 Å². The van der Waals surface area contributed by atoms with Crippen molar-refractivity contribution in [2.45, 2.75) is 52.0 Å². The normalized spacial score (nSPS) is 12.4. The molecule has 0 spiro atoms. The van der Waals surface area contributed by atoms with Gasteiger partial charge in [0.1, 0.15) is 11.6 Å². The Balaban J connectivity index is 2.23. The van der Waals surface area contributed by atoms with Crippen LogP contribution in [0.4, 0.5) is 11.6 Å². The number of nitrogens with two attached hydrogens (primary N) is 1. The first-order chi connectivity index (χ1) is 7.72. The van der Waals surface area contributed by atoms with E-state index in [2.05, 4.69) is 29.4 Å². The molecule has 16 heavy (non-hydrogen) atoms. The third-order valence-corrected chi connectivity index (χ3v) is 2.57. The first kappa shape index (κ1) is 12.7. The molecule has 0 saturated carbocycles. The van der Waals surface area contributed by atoms with Crippen molar-refractivity contribution in [2.24, 2.45) is 0 Å². The molecule has 90 valence electrons. The number of anilines is 2. The number of nitrogen functional groups attached to an aromatic ring is 1. The molecule has 1 rings (SSSR count). The second kappa shape index (κ2) is 7.04. The second-order valence-electron chi connectivity index (χ2n) is 4.24. The van der Waals surface area contributed by atoms with E-state index >= 15 is 0 Å². The van der Waals surface area contributed by atoms with Gasteiger partial charge in [-0.15, -0.1) is 10.2 Å². The first-order valence-electron chi connectivity index (χ1n) is 6.08. The summed E-state index contributed by atoms with van der Waals surface area (Å²) < 4.78 is 0. The highest BCUT2D eigenvalue weighted by atomic mass is 15.2. The van der Waals surface area contributed by atoms with Crippen LogP contribution in [-0.4, -0.2) is 16.2 Å². The Hall–Kier alpha value is -1.32. The predicted molar refractivity (Wildman–Crippen MR) is 68.3 cm³/mol. The third-order valence-electron chi connectivity index (χ3n) is 2.57. The van der Waals surface area contributed by atoms with Gasteiger partial charge in [-0.25, -0.2) is 0 Å². The number of hydrogen-bond acceptors (Lipinski definition) is 4. The van der Waals surface area contributed by atoms with Crippen LogP contribution in [0.15, 0.2) is 12.1 Å². The van der Waals surface area contributed by atoms with Gasteiger partial charge < -0.3 is 11.1 Å². The lowest BCUT2D eigenvalue weighted by Crippen LogP contribution is -2.16. The van der Waals surface area contributed by atoms with Crippen LogP contribution in [0.2, 0.25) is 0 Å². The van der Waals surface area contributed by atoms with Gasteiger partial charge in [0.25, 0.3) is 0 Å². The molecular weight excluding hydrogens is 200 g/mol. The molecule has 0 aliphatic heterocycles. The highest BCUT2D eigenvalue weighted by molar-refractivity contribution is 5.38. The van der Waals surface area contributed by atoms with E-state index in [-0.39, 0.29) is 0 Å². The topological polar surface area (TPSA) is 63.8 Å². The van der Waals surface area contributed by atoms with Crippen LogP contribution in [0.25, 0.3) is 0 Å². The maximum atomic E-state index is 5.47. The van der Waals surface area contributed by atoms with Gasteiger partial charge in [0, 0.05) is 6.04 Å². The van der Waals surface area contributed by atoms with Crippen LogP contribution in [0, 0.1) is 0 Å². The fourth-order valence-electron chi connectivity index (χ4n) is 1.62. The molecule has 0 bridgehead atoms. The van der Waals surface area contributed by atoms with E-state index in [0.29, 0.717) is 11.9 Å². The van der Waals surface area contributed by atoms with Gasteiger partial charge in [0.2, 0.25) is 0 Å². The zero-order chi connectivity index (χ0) is 11.8. The fraction of sp³-hybridized carbons (Fsp3) is 0.667. The van der Waals surface area contributed by atoms with Gasteiger partial charge >= 0.3 is 0 Å². The lowest BCUT2D eigenvalue weighted by atomic mass is 10.1. The number of nitrogens with one attached hydrogen (secondary N) is 1. The summed E-state index contributed by atoms with van der Waals surface area (Å²) in [5.74, 6) is 1.26. The summed E-state index contributed by atoms with van der Waals surface area (Å²) in [4.78, 5) is 0. The van der Waals surface area contributed by atoms with Gasteiger partial charge in [-0.3, -0.25) is 0 Å². The minimum Gasteiger partial charge on any atom is -0.382 e. The second-order valence-corrected chi connectivity index (χ2v) is 4.24. The van der Waals surface area contributed by atoms with Crippen molar-refractivity contribution in [1.82, 2.24) is 10.2 Å². The van der Waals surface area contributed by atoms with E-state index < -0.39 is 0 Å². The van der Waals surface area contributed by atoms with E-state index in [0.717, 1.165) is 5.82 Å². The number of rotatable bonds is 7. The van der Waals surface area contributed by atoms with Crippen LogP contribution in [0.5, 0.6) is 0 Å². The van der Waals surface area contributed by atoms with Crippen LogP contribution < -0.4 is 11.1 Å². The Morgan fingerprint density at radius 1 is 1.25 bits per heavy atom. The van der Waals surface area contributed by atoms with Crippen molar-refractivity contribution in [3.63, 3.8) is 0 Å².